The Morgan fingerprint density at radius 3 is 2.65 bits per heavy atom. The summed E-state index contributed by atoms with van der Waals surface area (Å²) in [6, 6.07) is -1.40. The molecule has 2 amide bonds. The van der Waals surface area contributed by atoms with Crippen LogP contribution in [0.15, 0.2) is 0 Å². The van der Waals surface area contributed by atoms with Gasteiger partial charge in [0, 0.05) is 11.2 Å². The number of unbranched alkanes of at least 4 members (excludes halogenated alkanes) is 1. The van der Waals surface area contributed by atoms with Crippen LogP contribution in [0, 0.1) is 0 Å². The predicted molar refractivity (Wildman–Crippen MR) is 75.2 cm³/mol. The fourth-order valence-electron chi connectivity index (χ4n) is 2.73. The van der Waals surface area contributed by atoms with Crippen LogP contribution in [0.3, 0.4) is 0 Å². The standard InChI is InChI=1S/C13H20N2O4S/c1-4-5-6-7(16)14-8-10(17)15-9(12(18)19)13(2,3)20-11(8)15/h8-9,11H,4-6H2,1-3H3,(H,14,16)(H,18,19)/t8-,9+,11-/m1/s1. The summed E-state index contributed by atoms with van der Waals surface area (Å²) in [5, 5.41) is 11.7. The van der Waals surface area contributed by atoms with E-state index in [2.05, 4.69) is 5.32 Å². The largest absolute Gasteiger partial charge is 0.480 e. The minimum absolute atomic E-state index is 0.137. The summed E-state index contributed by atoms with van der Waals surface area (Å²) in [5.74, 6) is -1.42. The lowest BCUT2D eigenvalue weighted by Gasteiger charge is -2.43. The zero-order valence-corrected chi connectivity index (χ0v) is 12.7. The highest BCUT2D eigenvalue weighted by Gasteiger charge is 2.64. The van der Waals surface area contributed by atoms with Gasteiger partial charge in [-0.3, -0.25) is 9.59 Å². The van der Waals surface area contributed by atoms with Crippen LogP contribution < -0.4 is 5.32 Å². The average molecular weight is 300 g/mol. The molecular formula is C13H20N2O4S. The normalized spacial score (nSPS) is 30.6. The Morgan fingerprint density at radius 2 is 2.10 bits per heavy atom. The predicted octanol–water partition coefficient (Wildman–Crippen LogP) is 0.808. The van der Waals surface area contributed by atoms with Crippen LogP contribution in [-0.4, -0.2) is 50.0 Å². The number of rotatable bonds is 5. The van der Waals surface area contributed by atoms with Crippen molar-refractivity contribution in [1.82, 2.24) is 10.2 Å². The van der Waals surface area contributed by atoms with E-state index in [0.717, 1.165) is 12.8 Å². The van der Waals surface area contributed by atoms with Gasteiger partial charge in [-0.15, -0.1) is 11.8 Å². The van der Waals surface area contributed by atoms with E-state index >= 15 is 0 Å². The Morgan fingerprint density at radius 1 is 1.45 bits per heavy atom. The number of carbonyl (C=O) groups is 3. The van der Waals surface area contributed by atoms with Crippen molar-refractivity contribution in [3.8, 4) is 0 Å². The van der Waals surface area contributed by atoms with Crippen molar-refractivity contribution in [2.45, 2.75) is 62.2 Å². The number of carboxylic acid groups (broad SMARTS) is 1. The number of hydrogen-bond donors (Lipinski definition) is 2. The molecular weight excluding hydrogens is 280 g/mol. The van der Waals surface area contributed by atoms with Crippen molar-refractivity contribution in [1.29, 1.82) is 0 Å². The molecule has 0 aliphatic carbocycles. The molecule has 2 rings (SSSR count). The minimum Gasteiger partial charge on any atom is -0.480 e. The Balaban J connectivity index is 2.03. The quantitative estimate of drug-likeness (QED) is 0.734. The van der Waals surface area contributed by atoms with Gasteiger partial charge in [-0.05, 0) is 20.3 Å². The number of nitrogens with zero attached hydrogens (tertiary/aromatic N) is 1. The van der Waals surface area contributed by atoms with E-state index in [9.17, 15) is 19.5 Å². The zero-order chi connectivity index (χ0) is 15.1. The lowest BCUT2D eigenvalue weighted by molar-refractivity contribution is -0.161. The van der Waals surface area contributed by atoms with Crippen molar-refractivity contribution >= 4 is 29.5 Å². The van der Waals surface area contributed by atoms with Crippen molar-refractivity contribution in [3.63, 3.8) is 0 Å². The van der Waals surface area contributed by atoms with Crippen LogP contribution in [0.25, 0.3) is 0 Å². The second kappa shape index (κ2) is 5.27. The van der Waals surface area contributed by atoms with E-state index in [0.29, 0.717) is 6.42 Å². The van der Waals surface area contributed by atoms with Crippen LogP contribution in [-0.2, 0) is 14.4 Å². The first-order valence-corrected chi connectivity index (χ1v) is 7.69. The van der Waals surface area contributed by atoms with Crippen LogP contribution in [0.2, 0.25) is 0 Å². The number of nitrogens with one attached hydrogen (secondary N) is 1. The van der Waals surface area contributed by atoms with Crippen molar-refractivity contribution < 1.29 is 19.5 Å². The van der Waals surface area contributed by atoms with E-state index in [4.69, 9.17) is 0 Å². The highest BCUT2D eigenvalue weighted by atomic mass is 32.2. The fourth-order valence-corrected chi connectivity index (χ4v) is 4.35. The summed E-state index contributed by atoms with van der Waals surface area (Å²) in [5.41, 5.74) is 0. The van der Waals surface area contributed by atoms with Gasteiger partial charge in [0.15, 0.2) is 0 Å². The molecule has 0 radical (unpaired) electrons. The molecule has 0 saturated carbocycles. The van der Waals surface area contributed by atoms with Gasteiger partial charge in [0.1, 0.15) is 17.5 Å². The molecule has 2 fully saturated rings. The van der Waals surface area contributed by atoms with Crippen LogP contribution >= 0.6 is 11.8 Å². The zero-order valence-electron chi connectivity index (χ0n) is 11.9. The third kappa shape index (κ3) is 2.39. The number of hydrogen-bond acceptors (Lipinski definition) is 4. The average Bonchev–Trinajstić information content (AvgIpc) is 2.62. The van der Waals surface area contributed by atoms with Gasteiger partial charge < -0.3 is 15.3 Å². The molecule has 112 valence electrons. The number of β-lactam (4-membered cyclic amide) rings is 1. The molecule has 0 aromatic carbocycles. The van der Waals surface area contributed by atoms with Gasteiger partial charge in [-0.25, -0.2) is 4.79 Å². The maximum absolute atomic E-state index is 12.1. The Labute approximate surface area is 122 Å². The molecule has 2 aliphatic rings. The maximum Gasteiger partial charge on any atom is 0.327 e. The molecule has 2 saturated heterocycles. The lowest BCUT2D eigenvalue weighted by Crippen LogP contribution is -2.70. The van der Waals surface area contributed by atoms with E-state index < -0.39 is 22.8 Å². The number of thioether (sulfide) groups is 1. The summed E-state index contributed by atoms with van der Waals surface area (Å²) in [4.78, 5) is 36.5. The monoisotopic (exact) mass is 300 g/mol. The van der Waals surface area contributed by atoms with Crippen LogP contribution in [0.5, 0.6) is 0 Å². The maximum atomic E-state index is 12.1. The smallest absolute Gasteiger partial charge is 0.327 e. The van der Waals surface area contributed by atoms with E-state index in [1.807, 2.05) is 20.8 Å². The molecule has 7 heteroatoms. The van der Waals surface area contributed by atoms with Gasteiger partial charge in [-0.1, -0.05) is 13.3 Å². The molecule has 0 aromatic rings. The van der Waals surface area contributed by atoms with Gasteiger partial charge in [-0.2, -0.15) is 0 Å². The van der Waals surface area contributed by atoms with Gasteiger partial charge in [0.2, 0.25) is 11.8 Å². The second-order valence-electron chi connectivity index (χ2n) is 5.75. The summed E-state index contributed by atoms with van der Waals surface area (Å²) < 4.78 is -0.547. The SMILES string of the molecule is CCCCC(=O)N[C@@H]1C(=O)N2[C@@H]1SC(C)(C)[C@@H]2C(=O)O. The summed E-state index contributed by atoms with van der Waals surface area (Å²) >= 11 is 1.44. The number of carbonyl (C=O) groups excluding carboxylic acids is 2. The third-order valence-electron chi connectivity index (χ3n) is 3.75. The van der Waals surface area contributed by atoms with Crippen molar-refractivity contribution in [2.24, 2.45) is 0 Å². The molecule has 0 aromatic heterocycles. The first kappa shape index (κ1) is 15.2. The number of aliphatic carboxylic acids is 1. The molecule has 2 heterocycles. The first-order chi connectivity index (χ1) is 9.29. The molecule has 0 unspecified atom stereocenters. The highest BCUT2D eigenvalue weighted by molar-refractivity contribution is 8.01. The van der Waals surface area contributed by atoms with Gasteiger partial charge in [0.05, 0.1) is 0 Å². The van der Waals surface area contributed by atoms with Crippen LogP contribution in [0.1, 0.15) is 40.0 Å². The third-order valence-corrected chi connectivity index (χ3v) is 5.32. The molecule has 2 N–H and O–H groups in total. The summed E-state index contributed by atoms with van der Waals surface area (Å²) in [7, 11) is 0. The van der Waals surface area contributed by atoms with Gasteiger partial charge in [0.25, 0.3) is 0 Å². The molecule has 20 heavy (non-hydrogen) atoms. The van der Waals surface area contributed by atoms with Crippen molar-refractivity contribution in [3.05, 3.63) is 0 Å². The van der Waals surface area contributed by atoms with Gasteiger partial charge >= 0.3 is 5.97 Å². The van der Waals surface area contributed by atoms with E-state index in [1.165, 1.54) is 16.7 Å². The Bertz CT molecular complexity index is 452. The molecule has 0 spiro atoms. The van der Waals surface area contributed by atoms with Crippen LogP contribution in [0.4, 0.5) is 0 Å². The highest BCUT2D eigenvalue weighted by Crippen LogP contribution is 2.50. The fraction of sp³-hybridized carbons (Fsp3) is 0.769. The van der Waals surface area contributed by atoms with Crippen molar-refractivity contribution in [2.75, 3.05) is 0 Å². The number of carboxylic acids is 1. The summed E-state index contributed by atoms with van der Waals surface area (Å²) in [6.07, 6.45) is 2.12. The number of amides is 2. The Kier molecular flexibility index (Phi) is 4.00. The molecule has 2 aliphatic heterocycles. The first-order valence-electron chi connectivity index (χ1n) is 6.81. The number of fused-ring (bicyclic) bond motifs is 1. The molecule has 0 bridgehead atoms. The van der Waals surface area contributed by atoms with E-state index in [1.54, 1.807) is 0 Å². The molecule has 6 nitrogen and oxygen atoms in total. The molecule has 3 atom stereocenters. The second-order valence-corrected chi connectivity index (χ2v) is 7.52. The Hall–Kier alpha value is -1.24. The minimum atomic E-state index is -0.992. The van der Waals surface area contributed by atoms with E-state index in [-0.39, 0.29) is 17.2 Å². The lowest BCUT2D eigenvalue weighted by atomic mass is 9.96. The topological polar surface area (TPSA) is 86.7 Å². The summed E-state index contributed by atoms with van der Waals surface area (Å²) in [6.45, 7) is 5.63.